The van der Waals surface area contributed by atoms with Gasteiger partial charge in [-0.3, -0.25) is 4.40 Å². The molecule has 0 radical (unpaired) electrons. The Morgan fingerprint density at radius 3 is 2.69 bits per heavy atom. The van der Waals surface area contributed by atoms with Gasteiger partial charge < -0.3 is 5.11 Å². The third-order valence-electron chi connectivity index (χ3n) is 1.94. The van der Waals surface area contributed by atoms with Gasteiger partial charge >= 0.3 is 0 Å². The summed E-state index contributed by atoms with van der Waals surface area (Å²) in [6.07, 6.45) is 4.94. The molecule has 0 aliphatic rings. The first-order chi connectivity index (χ1) is 6.18. The molecule has 4 nitrogen and oxygen atoms in total. The maximum absolute atomic E-state index is 9.20. The molecule has 0 spiro atoms. The highest BCUT2D eigenvalue weighted by Crippen LogP contribution is 2.16. The first-order valence-corrected chi connectivity index (χ1v) is 4.20. The normalized spacial score (nSPS) is 11.3. The quantitative estimate of drug-likeness (QED) is 0.719. The van der Waals surface area contributed by atoms with E-state index in [9.17, 15) is 5.11 Å². The number of imidazole rings is 1. The van der Waals surface area contributed by atoms with Crippen molar-refractivity contribution >= 4 is 5.52 Å². The van der Waals surface area contributed by atoms with E-state index in [-0.39, 0.29) is 5.88 Å². The average Bonchev–Trinajstić information content (AvgIpc) is 2.46. The molecule has 0 fully saturated rings. The Labute approximate surface area is 75.9 Å². The predicted octanol–water partition coefficient (Wildman–Crippen LogP) is 1.56. The molecule has 0 unspecified atom stereocenters. The van der Waals surface area contributed by atoms with Gasteiger partial charge in [-0.05, 0) is 0 Å². The van der Waals surface area contributed by atoms with Crippen molar-refractivity contribution < 1.29 is 5.11 Å². The molecule has 0 bridgehead atoms. The summed E-state index contributed by atoms with van der Waals surface area (Å²) in [7, 11) is 0. The Balaban J connectivity index is 2.71. The Morgan fingerprint density at radius 1 is 1.31 bits per heavy atom. The average molecular weight is 177 g/mol. The molecular formula is C9H11N3O. The van der Waals surface area contributed by atoms with E-state index in [0.29, 0.717) is 5.92 Å². The molecule has 0 amide bonds. The molecular weight excluding hydrogens is 166 g/mol. The van der Waals surface area contributed by atoms with Crippen LogP contribution >= 0.6 is 0 Å². The molecule has 0 aromatic carbocycles. The van der Waals surface area contributed by atoms with Crippen molar-refractivity contribution in [3.63, 3.8) is 0 Å². The SMILES string of the molecule is CC(C)c1ncc2cnc(O)cn12. The van der Waals surface area contributed by atoms with Crippen molar-refractivity contribution in [3.05, 3.63) is 24.4 Å². The number of hydrogen-bond donors (Lipinski definition) is 1. The van der Waals surface area contributed by atoms with Crippen LogP contribution in [0, 0.1) is 0 Å². The zero-order valence-corrected chi connectivity index (χ0v) is 7.60. The van der Waals surface area contributed by atoms with Gasteiger partial charge in [0.05, 0.1) is 24.1 Å². The molecule has 2 heterocycles. The van der Waals surface area contributed by atoms with E-state index in [1.54, 1.807) is 18.6 Å². The zero-order chi connectivity index (χ0) is 9.42. The Bertz CT molecular complexity index is 433. The lowest BCUT2D eigenvalue weighted by atomic mass is 10.2. The number of aromatic hydroxyl groups is 1. The van der Waals surface area contributed by atoms with Gasteiger partial charge in [-0.25, -0.2) is 9.97 Å². The van der Waals surface area contributed by atoms with E-state index < -0.39 is 0 Å². The number of hydrogen-bond acceptors (Lipinski definition) is 3. The van der Waals surface area contributed by atoms with E-state index in [2.05, 4.69) is 23.8 Å². The molecule has 0 saturated carbocycles. The molecule has 1 N–H and O–H groups in total. The van der Waals surface area contributed by atoms with Crippen LogP contribution in [0.25, 0.3) is 5.52 Å². The fourth-order valence-electron chi connectivity index (χ4n) is 1.33. The van der Waals surface area contributed by atoms with Crippen LogP contribution in [0.3, 0.4) is 0 Å². The van der Waals surface area contributed by atoms with E-state index in [0.717, 1.165) is 11.3 Å². The summed E-state index contributed by atoms with van der Waals surface area (Å²) in [6.45, 7) is 4.12. The monoisotopic (exact) mass is 177 g/mol. The van der Waals surface area contributed by atoms with Crippen molar-refractivity contribution in [1.82, 2.24) is 14.4 Å². The van der Waals surface area contributed by atoms with Crippen LogP contribution in [-0.2, 0) is 0 Å². The highest BCUT2D eigenvalue weighted by Gasteiger charge is 2.07. The number of fused-ring (bicyclic) bond motifs is 1. The molecule has 0 aliphatic carbocycles. The fraction of sp³-hybridized carbons (Fsp3) is 0.333. The Morgan fingerprint density at radius 2 is 2.00 bits per heavy atom. The molecule has 0 saturated heterocycles. The predicted molar refractivity (Wildman–Crippen MR) is 48.7 cm³/mol. The van der Waals surface area contributed by atoms with Crippen LogP contribution in [0.15, 0.2) is 18.6 Å². The lowest BCUT2D eigenvalue weighted by molar-refractivity contribution is 0.449. The van der Waals surface area contributed by atoms with Gasteiger partial charge in [-0.15, -0.1) is 0 Å². The second-order valence-electron chi connectivity index (χ2n) is 3.31. The van der Waals surface area contributed by atoms with Crippen molar-refractivity contribution in [2.75, 3.05) is 0 Å². The molecule has 2 aromatic heterocycles. The summed E-state index contributed by atoms with van der Waals surface area (Å²) in [5.74, 6) is 1.30. The number of aromatic nitrogens is 3. The van der Waals surface area contributed by atoms with Gasteiger partial charge in [-0.2, -0.15) is 0 Å². The standard InChI is InChI=1S/C9H11N3O/c1-6(2)9-11-4-7-3-10-8(13)5-12(7)9/h3-6,13H,1-2H3. The maximum atomic E-state index is 9.20. The van der Waals surface area contributed by atoms with E-state index >= 15 is 0 Å². The molecule has 0 aliphatic heterocycles. The smallest absolute Gasteiger partial charge is 0.228 e. The first kappa shape index (κ1) is 8.04. The minimum atomic E-state index is 0.0207. The third kappa shape index (κ3) is 1.24. The Kier molecular flexibility index (Phi) is 1.69. The molecule has 68 valence electrons. The van der Waals surface area contributed by atoms with E-state index in [1.165, 1.54) is 0 Å². The highest BCUT2D eigenvalue weighted by atomic mass is 16.3. The maximum Gasteiger partial charge on any atom is 0.228 e. The number of nitrogens with zero attached hydrogens (tertiary/aromatic N) is 3. The van der Waals surface area contributed by atoms with Crippen molar-refractivity contribution in [2.45, 2.75) is 19.8 Å². The van der Waals surface area contributed by atoms with Gasteiger partial charge in [0, 0.05) is 5.92 Å². The number of rotatable bonds is 1. The van der Waals surface area contributed by atoms with Gasteiger partial charge in [0.15, 0.2) is 0 Å². The Hall–Kier alpha value is -1.58. The van der Waals surface area contributed by atoms with Crippen LogP contribution in [0.2, 0.25) is 0 Å². The lowest BCUT2D eigenvalue weighted by Crippen LogP contribution is -1.96. The van der Waals surface area contributed by atoms with E-state index in [1.807, 2.05) is 4.40 Å². The van der Waals surface area contributed by atoms with Crippen molar-refractivity contribution in [1.29, 1.82) is 0 Å². The zero-order valence-electron chi connectivity index (χ0n) is 7.60. The minimum absolute atomic E-state index is 0.0207. The highest BCUT2D eigenvalue weighted by molar-refractivity contribution is 5.44. The van der Waals surface area contributed by atoms with Gasteiger partial charge in [0.25, 0.3) is 0 Å². The minimum Gasteiger partial charge on any atom is -0.492 e. The summed E-state index contributed by atoms with van der Waals surface area (Å²) in [5.41, 5.74) is 0.904. The summed E-state index contributed by atoms with van der Waals surface area (Å²) in [5, 5.41) is 9.20. The summed E-state index contributed by atoms with van der Waals surface area (Å²) < 4.78 is 1.85. The molecule has 2 rings (SSSR count). The summed E-state index contributed by atoms with van der Waals surface area (Å²) in [6, 6.07) is 0. The second kappa shape index (κ2) is 2.73. The van der Waals surface area contributed by atoms with Crippen LogP contribution in [0.5, 0.6) is 5.88 Å². The molecule has 4 heteroatoms. The van der Waals surface area contributed by atoms with Crippen LogP contribution in [-0.4, -0.2) is 19.5 Å². The van der Waals surface area contributed by atoms with Crippen LogP contribution in [0.1, 0.15) is 25.6 Å². The largest absolute Gasteiger partial charge is 0.492 e. The lowest BCUT2D eigenvalue weighted by Gasteiger charge is -2.03. The molecule has 13 heavy (non-hydrogen) atoms. The van der Waals surface area contributed by atoms with Gasteiger partial charge in [0.1, 0.15) is 5.82 Å². The second-order valence-corrected chi connectivity index (χ2v) is 3.31. The summed E-state index contributed by atoms with van der Waals surface area (Å²) in [4.78, 5) is 8.02. The van der Waals surface area contributed by atoms with Crippen LogP contribution in [0.4, 0.5) is 0 Å². The fourth-order valence-corrected chi connectivity index (χ4v) is 1.33. The van der Waals surface area contributed by atoms with Gasteiger partial charge in [0.2, 0.25) is 5.88 Å². The summed E-state index contributed by atoms with van der Waals surface area (Å²) >= 11 is 0. The van der Waals surface area contributed by atoms with E-state index in [4.69, 9.17) is 0 Å². The third-order valence-corrected chi connectivity index (χ3v) is 1.94. The van der Waals surface area contributed by atoms with Crippen molar-refractivity contribution in [2.24, 2.45) is 0 Å². The molecule has 2 aromatic rings. The van der Waals surface area contributed by atoms with Crippen molar-refractivity contribution in [3.8, 4) is 5.88 Å². The van der Waals surface area contributed by atoms with Crippen LogP contribution < -0.4 is 0 Å². The topological polar surface area (TPSA) is 50.4 Å². The first-order valence-electron chi connectivity index (χ1n) is 4.20. The van der Waals surface area contributed by atoms with Gasteiger partial charge in [-0.1, -0.05) is 13.8 Å². The molecule has 0 atom stereocenters.